The van der Waals surface area contributed by atoms with Gasteiger partial charge < -0.3 is 5.73 Å². The van der Waals surface area contributed by atoms with Gasteiger partial charge in [0, 0.05) is 0 Å². The van der Waals surface area contributed by atoms with Gasteiger partial charge in [-0.05, 0) is 40.2 Å². The molecule has 9 heteroatoms. The van der Waals surface area contributed by atoms with E-state index in [0.29, 0.717) is 0 Å². The minimum atomic E-state index is -3.99. The standard InChI is InChI=1S/C11H8BrClFN3O2S/c12-6-4-9(8(15)5-7(6)14)20(18,19)17-11-3-1-2-10(13)16-11/h1-5H,15H2,(H,16,17). The van der Waals surface area contributed by atoms with Gasteiger partial charge in [0.05, 0.1) is 10.2 Å². The van der Waals surface area contributed by atoms with Crippen LogP contribution in [-0.2, 0) is 10.0 Å². The number of nitrogens with one attached hydrogen (secondary N) is 1. The van der Waals surface area contributed by atoms with Crippen molar-refractivity contribution >= 4 is 49.1 Å². The molecule has 1 aromatic heterocycles. The molecule has 20 heavy (non-hydrogen) atoms. The second kappa shape index (κ2) is 5.55. The first-order valence-electron chi connectivity index (χ1n) is 5.19. The molecule has 0 radical (unpaired) electrons. The largest absolute Gasteiger partial charge is 0.398 e. The maximum atomic E-state index is 13.3. The van der Waals surface area contributed by atoms with Gasteiger partial charge in [0.1, 0.15) is 21.7 Å². The number of nitrogen functional groups attached to an aromatic ring is 1. The lowest BCUT2D eigenvalue weighted by Crippen LogP contribution is -2.16. The van der Waals surface area contributed by atoms with Crippen LogP contribution in [0.15, 0.2) is 39.7 Å². The SMILES string of the molecule is Nc1cc(F)c(Br)cc1S(=O)(=O)Nc1cccc(Cl)n1. The van der Waals surface area contributed by atoms with Gasteiger partial charge >= 0.3 is 0 Å². The highest BCUT2D eigenvalue weighted by Gasteiger charge is 2.20. The fourth-order valence-corrected chi connectivity index (χ4v) is 3.23. The number of hydrogen-bond acceptors (Lipinski definition) is 4. The zero-order chi connectivity index (χ0) is 14.9. The van der Waals surface area contributed by atoms with Crippen LogP contribution in [0.5, 0.6) is 0 Å². The highest BCUT2D eigenvalue weighted by molar-refractivity contribution is 9.10. The van der Waals surface area contributed by atoms with E-state index in [1.54, 1.807) is 0 Å². The minimum absolute atomic E-state index is 0.00821. The van der Waals surface area contributed by atoms with Crippen LogP contribution in [0.2, 0.25) is 5.15 Å². The molecule has 2 rings (SSSR count). The predicted molar refractivity (Wildman–Crippen MR) is 78.6 cm³/mol. The van der Waals surface area contributed by atoms with Gasteiger partial charge in [-0.15, -0.1) is 0 Å². The van der Waals surface area contributed by atoms with Crippen molar-refractivity contribution in [2.24, 2.45) is 0 Å². The lowest BCUT2D eigenvalue weighted by Gasteiger charge is -2.10. The molecule has 0 unspecified atom stereocenters. The minimum Gasteiger partial charge on any atom is -0.398 e. The first kappa shape index (κ1) is 15.0. The van der Waals surface area contributed by atoms with Crippen LogP contribution in [0, 0.1) is 5.82 Å². The molecule has 0 spiro atoms. The van der Waals surface area contributed by atoms with Gasteiger partial charge in [0.25, 0.3) is 10.0 Å². The number of nitrogens with two attached hydrogens (primary N) is 1. The van der Waals surface area contributed by atoms with Crippen LogP contribution in [0.4, 0.5) is 15.9 Å². The first-order valence-corrected chi connectivity index (χ1v) is 7.85. The monoisotopic (exact) mass is 379 g/mol. The Morgan fingerprint density at radius 3 is 2.70 bits per heavy atom. The Labute approximate surface area is 128 Å². The van der Waals surface area contributed by atoms with E-state index in [0.717, 1.165) is 12.1 Å². The average molecular weight is 381 g/mol. The lowest BCUT2D eigenvalue weighted by molar-refractivity contribution is 0.599. The van der Waals surface area contributed by atoms with Gasteiger partial charge in [-0.3, -0.25) is 4.72 Å². The van der Waals surface area contributed by atoms with E-state index in [9.17, 15) is 12.8 Å². The second-order valence-corrected chi connectivity index (χ2v) is 6.65. The van der Waals surface area contributed by atoms with Crippen molar-refractivity contribution in [2.75, 3.05) is 10.5 Å². The first-order chi connectivity index (χ1) is 9.29. The van der Waals surface area contributed by atoms with Crippen molar-refractivity contribution in [1.29, 1.82) is 0 Å². The number of nitrogens with zero attached hydrogens (tertiary/aromatic N) is 1. The molecule has 0 bridgehead atoms. The summed E-state index contributed by atoms with van der Waals surface area (Å²) in [6.45, 7) is 0. The molecule has 1 heterocycles. The van der Waals surface area contributed by atoms with Gasteiger partial charge in [0.15, 0.2) is 0 Å². The van der Waals surface area contributed by atoms with Crippen LogP contribution in [0.3, 0.4) is 0 Å². The average Bonchev–Trinajstić information content (AvgIpc) is 2.33. The summed E-state index contributed by atoms with van der Waals surface area (Å²) in [5.74, 6) is -0.611. The van der Waals surface area contributed by atoms with Crippen LogP contribution < -0.4 is 10.5 Å². The van der Waals surface area contributed by atoms with Crippen molar-refractivity contribution in [3.63, 3.8) is 0 Å². The molecule has 106 valence electrons. The summed E-state index contributed by atoms with van der Waals surface area (Å²) < 4.78 is 39.8. The summed E-state index contributed by atoms with van der Waals surface area (Å²) in [5.41, 5.74) is 5.33. The molecule has 3 N–H and O–H groups in total. The summed E-state index contributed by atoms with van der Waals surface area (Å²) in [4.78, 5) is 3.55. The molecular formula is C11H8BrClFN3O2S. The van der Waals surface area contributed by atoms with Gasteiger partial charge in [-0.2, -0.15) is 0 Å². The molecule has 0 amide bonds. The van der Waals surface area contributed by atoms with E-state index in [1.165, 1.54) is 18.2 Å². The van der Waals surface area contributed by atoms with E-state index in [-0.39, 0.29) is 26.0 Å². The predicted octanol–water partition coefficient (Wildman–Crippen LogP) is 3.02. The van der Waals surface area contributed by atoms with Crippen LogP contribution in [-0.4, -0.2) is 13.4 Å². The van der Waals surface area contributed by atoms with E-state index < -0.39 is 15.8 Å². The summed E-state index contributed by atoms with van der Waals surface area (Å²) in [7, 11) is -3.99. The highest BCUT2D eigenvalue weighted by atomic mass is 79.9. The third-order valence-corrected chi connectivity index (χ3v) is 4.52. The quantitative estimate of drug-likeness (QED) is 0.633. The fraction of sp³-hybridized carbons (Fsp3) is 0. The number of hydrogen-bond donors (Lipinski definition) is 2. The Hall–Kier alpha value is -1.38. The highest BCUT2D eigenvalue weighted by Crippen LogP contribution is 2.27. The number of sulfonamides is 1. The van der Waals surface area contributed by atoms with Gasteiger partial charge in [-0.1, -0.05) is 17.7 Å². The van der Waals surface area contributed by atoms with Gasteiger partial charge in [0.2, 0.25) is 0 Å². The molecule has 5 nitrogen and oxygen atoms in total. The maximum absolute atomic E-state index is 13.3. The van der Waals surface area contributed by atoms with Crippen LogP contribution in [0.25, 0.3) is 0 Å². The van der Waals surface area contributed by atoms with Crippen molar-refractivity contribution in [2.45, 2.75) is 4.90 Å². The number of aromatic nitrogens is 1. The third-order valence-electron chi connectivity index (χ3n) is 2.30. The molecule has 0 fully saturated rings. The summed E-state index contributed by atoms with van der Waals surface area (Å²) in [6, 6.07) is 6.47. The Bertz CT molecular complexity index is 770. The van der Waals surface area contributed by atoms with Crippen molar-refractivity contribution in [1.82, 2.24) is 4.98 Å². The van der Waals surface area contributed by atoms with E-state index in [4.69, 9.17) is 17.3 Å². The number of halogens is 3. The summed E-state index contributed by atoms with van der Waals surface area (Å²) in [5, 5.41) is 0.137. The Balaban J connectivity index is 2.43. The Morgan fingerprint density at radius 1 is 1.35 bits per heavy atom. The van der Waals surface area contributed by atoms with Crippen LogP contribution in [0.1, 0.15) is 0 Å². The van der Waals surface area contributed by atoms with E-state index >= 15 is 0 Å². The molecule has 0 atom stereocenters. The summed E-state index contributed by atoms with van der Waals surface area (Å²) in [6.07, 6.45) is 0. The smallest absolute Gasteiger partial charge is 0.265 e. The number of anilines is 2. The van der Waals surface area contributed by atoms with Crippen molar-refractivity contribution < 1.29 is 12.8 Å². The third kappa shape index (κ3) is 3.20. The van der Waals surface area contributed by atoms with Gasteiger partial charge in [-0.25, -0.2) is 17.8 Å². The second-order valence-electron chi connectivity index (χ2n) is 3.76. The molecule has 1 aromatic carbocycles. The molecule has 0 aliphatic rings. The lowest BCUT2D eigenvalue weighted by atomic mass is 10.3. The number of benzene rings is 1. The topological polar surface area (TPSA) is 85.1 Å². The fourth-order valence-electron chi connectivity index (χ4n) is 1.43. The van der Waals surface area contributed by atoms with E-state index in [2.05, 4.69) is 25.6 Å². The molecule has 0 aliphatic carbocycles. The van der Waals surface area contributed by atoms with Crippen LogP contribution >= 0.6 is 27.5 Å². The number of pyridine rings is 1. The Morgan fingerprint density at radius 2 is 2.05 bits per heavy atom. The zero-order valence-corrected chi connectivity index (χ0v) is 12.9. The molecule has 2 aromatic rings. The molecule has 0 saturated heterocycles. The molecule has 0 saturated carbocycles. The zero-order valence-electron chi connectivity index (χ0n) is 9.77. The number of rotatable bonds is 3. The molecule has 0 aliphatic heterocycles. The van der Waals surface area contributed by atoms with E-state index in [1.807, 2.05) is 0 Å². The maximum Gasteiger partial charge on any atom is 0.265 e. The van der Waals surface area contributed by atoms with Crippen molar-refractivity contribution in [3.8, 4) is 0 Å². The normalized spacial score (nSPS) is 11.3. The molecular weight excluding hydrogens is 373 g/mol. The summed E-state index contributed by atoms with van der Waals surface area (Å²) >= 11 is 8.58. The Kier molecular flexibility index (Phi) is 4.17. The van der Waals surface area contributed by atoms with Crippen molar-refractivity contribution in [3.05, 3.63) is 45.8 Å².